The number of halogens is 1. The second-order valence-electron chi connectivity index (χ2n) is 4.49. The lowest BCUT2D eigenvalue weighted by Gasteiger charge is -2.16. The van der Waals surface area contributed by atoms with Crippen molar-refractivity contribution in [3.8, 4) is 6.07 Å². The lowest BCUT2D eigenvalue weighted by molar-refractivity contribution is -0.124. The van der Waals surface area contributed by atoms with E-state index in [9.17, 15) is 9.18 Å². The zero-order chi connectivity index (χ0) is 13.1. The van der Waals surface area contributed by atoms with Crippen molar-refractivity contribution in [2.75, 3.05) is 6.61 Å². The molecule has 2 rings (SSSR count). The Bertz CT molecular complexity index is 495. The van der Waals surface area contributed by atoms with Gasteiger partial charge in [-0.15, -0.1) is 0 Å². The second kappa shape index (κ2) is 5.28. The van der Waals surface area contributed by atoms with Crippen molar-refractivity contribution in [3.05, 3.63) is 35.6 Å². The van der Waals surface area contributed by atoms with Crippen LogP contribution in [-0.2, 0) is 9.53 Å². The quantitative estimate of drug-likeness (QED) is 0.824. The first-order chi connectivity index (χ1) is 8.63. The number of rotatable bonds is 3. The minimum atomic E-state index is -0.908. The van der Waals surface area contributed by atoms with Crippen molar-refractivity contribution in [1.29, 1.82) is 5.26 Å². The van der Waals surface area contributed by atoms with Crippen LogP contribution < -0.4 is 0 Å². The molecule has 1 heterocycles. The fraction of sp³-hybridized carbons (Fsp3) is 0.429. The summed E-state index contributed by atoms with van der Waals surface area (Å²) in [5.74, 6) is -1.78. The lowest BCUT2D eigenvalue weighted by atomic mass is 9.85. The standard InChI is InChI=1S/C14H14FNO2/c1-9-12(5-6-18-9)14(17)13(8-16)10-3-2-4-11(15)7-10/h2-4,7,9,12-13H,5-6H2,1H3. The predicted octanol–water partition coefficient (Wildman–Crippen LogP) is 2.43. The van der Waals surface area contributed by atoms with Crippen molar-refractivity contribution < 1.29 is 13.9 Å². The summed E-state index contributed by atoms with van der Waals surface area (Å²) in [6.07, 6.45) is 0.468. The molecule has 4 heteroatoms. The Hall–Kier alpha value is -1.73. The Labute approximate surface area is 105 Å². The molecule has 1 fully saturated rings. The second-order valence-corrected chi connectivity index (χ2v) is 4.49. The van der Waals surface area contributed by atoms with E-state index in [2.05, 4.69) is 0 Å². The first kappa shape index (κ1) is 12.7. The highest BCUT2D eigenvalue weighted by molar-refractivity contribution is 5.91. The fourth-order valence-corrected chi connectivity index (χ4v) is 2.31. The molecule has 1 aromatic rings. The topological polar surface area (TPSA) is 50.1 Å². The van der Waals surface area contributed by atoms with E-state index in [1.165, 1.54) is 18.2 Å². The van der Waals surface area contributed by atoms with E-state index < -0.39 is 11.7 Å². The zero-order valence-corrected chi connectivity index (χ0v) is 10.1. The molecule has 0 aromatic heterocycles. The fourth-order valence-electron chi connectivity index (χ4n) is 2.31. The van der Waals surface area contributed by atoms with E-state index in [-0.39, 0.29) is 17.8 Å². The smallest absolute Gasteiger partial charge is 0.160 e. The largest absolute Gasteiger partial charge is 0.378 e. The van der Waals surface area contributed by atoms with Crippen LogP contribution in [0.25, 0.3) is 0 Å². The van der Waals surface area contributed by atoms with Crippen molar-refractivity contribution in [2.24, 2.45) is 5.92 Å². The Balaban J connectivity index is 2.24. The summed E-state index contributed by atoms with van der Waals surface area (Å²) in [5, 5.41) is 9.15. The van der Waals surface area contributed by atoms with Crippen LogP contribution in [0.2, 0.25) is 0 Å². The van der Waals surface area contributed by atoms with Crippen LogP contribution in [0.4, 0.5) is 4.39 Å². The molecule has 1 aromatic carbocycles. The normalized spacial score (nSPS) is 24.5. The van der Waals surface area contributed by atoms with Crippen molar-refractivity contribution in [3.63, 3.8) is 0 Å². The highest BCUT2D eigenvalue weighted by Crippen LogP contribution is 2.28. The van der Waals surface area contributed by atoms with Crippen molar-refractivity contribution in [2.45, 2.75) is 25.4 Å². The van der Waals surface area contributed by atoms with Gasteiger partial charge in [0.15, 0.2) is 5.78 Å². The molecule has 3 unspecified atom stereocenters. The highest BCUT2D eigenvalue weighted by atomic mass is 19.1. The molecule has 0 radical (unpaired) electrons. The summed E-state index contributed by atoms with van der Waals surface area (Å²) in [7, 11) is 0. The summed E-state index contributed by atoms with van der Waals surface area (Å²) in [4.78, 5) is 12.3. The van der Waals surface area contributed by atoms with E-state index in [4.69, 9.17) is 10.00 Å². The predicted molar refractivity (Wildman–Crippen MR) is 63.3 cm³/mol. The molecule has 94 valence electrons. The highest BCUT2D eigenvalue weighted by Gasteiger charge is 2.35. The van der Waals surface area contributed by atoms with E-state index in [1.54, 1.807) is 6.07 Å². The Morgan fingerprint density at radius 3 is 2.94 bits per heavy atom. The number of hydrogen-bond acceptors (Lipinski definition) is 3. The number of ether oxygens (including phenoxy) is 1. The van der Waals surface area contributed by atoms with Crippen LogP contribution in [0.15, 0.2) is 24.3 Å². The number of nitrogens with zero attached hydrogens (tertiary/aromatic N) is 1. The van der Waals surface area contributed by atoms with Gasteiger partial charge < -0.3 is 4.74 Å². The van der Waals surface area contributed by atoms with Gasteiger partial charge in [-0.25, -0.2) is 4.39 Å². The summed E-state index contributed by atoms with van der Waals surface area (Å²) in [6.45, 7) is 2.37. The average molecular weight is 247 g/mol. The molecule has 1 aliphatic heterocycles. The molecule has 3 nitrogen and oxygen atoms in total. The van der Waals surface area contributed by atoms with Gasteiger partial charge in [-0.1, -0.05) is 12.1 Å². The number of hydrogen-bond donors (Lipinski definition) is 0. The summed E-state index contributed by atoms with van der Waals surface area (Å²) in [6, 6.07) is 7.63. The zero-order valence-electron chi connectivity index (χ0n) is 10.1. The molecular formula is C14H14FNO2. The minimum Gasteiger partial charge on any atom is -0.378 e. The van der Waals surface area contributed by atoms with Gasteiger partial charge in [0.1, 0.15) is 11.7 Å². The van der Waals surface area contributed by atoms with E-state index in [0.717, 1.165) is 0 Å². The summed E-state index contributed by atoms with van der Waals surface area (Å²) >= 11 is 0. The molecule has 0 N–H and O–H groups in total. The molecule has 0 amide bonds. The molecule has 18 heavy (non-hydrogen) atoms. The van der Waals surface area contributed by atoms with Crippen molar-refractivity contribution in [1.82, 2.24) is 0 Å². The maximum absolute atomic E-state index is 13.1. The van der Waals surface area contributed by atoms with Crippen LogP contribution in [0.3, 0.4) is 0 Å². The van der Waals surface area contributed by atoms with Gasteiger partial charge in [0.25, 0.3) is 0 Å². The third kappa shape index (κ3) is 2.41. The summed E-state index contributed by atoms with van der Waals surface area (Å²) < 4.78 is 18.5. The molecule has 0 spiro atoms. The van der Waals surface area contributed by atoms with Gasteiger partial charge in [0, 0.05) is 12.5 Å². The van der Waals surface area contributed by atoms with Crippen LogP contribution in [0, 0.1) is 23.1 Å². The lowest BCUT2D eigenvalue weighted by Crippen LogP contribution is -2.26. The molecule has 0 saturated carbocycles. The van der Waals surface area contributed by atoms with Gasteiger partial charge in [-0.3, -0.25) is 4.79 Å². The van der Waals surface area contributed by atoms with Gasteiger partial charge in [0.2, 0.25) is 0 Å². The number of carbonyl (C=O) groups is 1. The minimum absolute atomic E-state index is 0.165. The van der Waals surface area contributed by atoms with Gasteiger partial charge >= 0.3 is 0 Å². The third-order valence-corrected chi connectivity index (χ3v) is 3.34. The first-order valence-corrected chi connectivity index (χ1v) is 5.94. The maximum Gasteiger partial charge on any atom is 0.160 e. The SMILES string of the molecule is CC1OCCC1C(=O)C(C#N)c1cccc(F)c1. The van der Waals surface area contributed by atoms with Crippen LogP contribution in [-0.4, -0.2) is 18.5 Å². The number of Topliss-reactive ketones (excluding diaryl/α,β-unsaturated/α-hetero) is 1. The molecule has 0 bridgehead atoms. The monoisotopic (exact) mass is 247 g/mol. The Morgan fingerprint density at radius 1 is 1.61 bits per heavy atom. The third-order valence-electron chi connectivity index (χ3n) is 3.34. The number of carbonyl (C=O) groups excluding carboxylic acids is 1. The Morgan fingerprint density at radius 2 is 2.39 bits per heavy atom. The van der Waals surface area contributed by atoms with E-state index >= 15 is 0 Å². The van der Waals surface area contributed by atoms with E-state index in [0.29, 0.717) is 18.6 Å². The molecule has 3 atom stereocenters. The molecule has 0 aliphatic carbocycles. The average Bonchev–Trinajstić information content (AvgIpc) is 2.76. The Kier molecular flexibility index (Phi) is 3.73. The van der Waals surface area contributed by atoms with Crippen molar-refractivity contribution >= 4 is 5.78 Å². The molecule has 1 saturated heterocycles. The van der Waals surface area contributed by atoms with Gasteiger partial charge in [-0.05, 0) is 31.0 Å². The first-order valence-electron chi connectivity index (χ1n) is 5.94. The van der Waals surface area contributed by atoms with Crippen LogP contribution in [0.5, 0.6) is 0 Å². The van der Waals surface area contributed by atoms with E-state index in [1.807, 2.05) is 13.0 Å². The maximum atomic E-state index is 13.1. The molecular weight excluding hydrogens is 233 g/mol. The summed E-state index contributed by atoms with van der Waals surface area (Å²) in [5.41, 5.74) is 0.418. The van der Waals surface area contributed by atoms with Gasteiger partial charge in [-0.2, -0.15) is 5.26 Å². The van der Waals surface area contributed by atoms with Gasteiger partial charge in [0.05, 0.1) is 12.2 Å². The number of ketones is 1. The van der Waals surface area contributed by atoms with Crippen LogP contribution in [0.1, 0.15) is 24.8 Å². The number of benzene rings is 1. The van der Waals surface area contributed by atoms with Crippen LogP contribution >= 0.6 is 0 Å². The molecule has 1 aliphatic rings. The number of nitriles is 1.